The van der Waals surface area contributed by atoms with Crippen molar-refractivity contribution in [1.29, 1.82) is 0 Å². The second-order valence-corrected chi connectivity index (χ2v) is 8.74. The lowest BCUT2D eigenvalue weighted by atomic mass is 10.2. The zero-order valence-electron chi connectivity index (χ0n) is 14.8. The first kappa shape index (κ1) is 20.2. The van der Waals surface area contributed by atoms with Gasteiger partial charge in [0.2, 0.25) is 10.0 Å². The Morgan fingerprint density at radius 2 is 1.84 bits per heavy atom. The summed E-state index contributed by atoms with van der Waals surface area (Å²) in [5, 5.41) is 2.99. The Labute approximate surface area is 155 Å². The summed E-state index contributed by atoms with van der Waals surface area (Å²) in [6, 6.07) is 4.46. The van der Waals surface area contributed by atoms with Gasteiger partial charge in [0.15, 0.2) is 0 Å². The molecule has 0 atom stereocenters. The highest BCUT2D eigenvalue weighted by Gasteiger charge is 2.28. The quantitative estimate of drug-likeness (QED) is 0.724. The van der Waals surface area contributed by atoms with Gasteiger partial charge in [-0.05, 0) is 37.5 Å². The number of hydrogen-bond acceptors (Lipinski definition) is 3. The Kier molecular flexibility index (Phi) is 7.72. The lowest BCUT2D eigenvalue weighted by Gasteiger charge is -2.21. The SMILES string of the molecule is CCCCCNC(=O)c1ccc(Cl)c(S(=O)(=O)N2CCCCCC2)c1. The van der Waals surface area contributed by atoms with Gasteiger partial charge in [0, 0.05) is 25.2 Å². The van der Waals surface area contributed by atoms with Crippen LogP contribution in [-0.2, 0) is 10.0 Å². The van der Waals surface area contributed by atoms with Crippen LogP contribution >= 0.6 is 11.6 Å². The van der Waals surface area contributed by atoms with Gasteiger partial charge < -0.3 is 5.32 Å². The van der Waals surface area contributed by atoms with Crippen LogP contribution in [-0.4, -0.2) is 38.3 Å². The number of amides is 1. The molecule has 1 heterocycles. The molecule has 1 aromatic rings. The van der Waals surface area contributed by atoms with Gasteiger partial charge in [-0.3, -0.25) is 4.79 Å². The van der Waals surface area contributed by atoms with E-state index in [-0.39, 0.29) is 15.8 Å². The molecule has 1 aromatic carbocycles. The van der Waals surface area contributed by atoms with Gasteiger partial charge >= 0.3 is 0 Å². The first-order valence-corrected chi connectivity index (χ1v) is 10.9. The number of benzene rings is 1. The summed E-state index contributed by atoms with van der Waals surface area (Å²) >= 11 is 6.15. The fraction of sp³-hybridized carbons (Fsp3) is 0.611. The van der Waals surface area contributed by atoms with Crippen LogP contribution in [0.3, 0.4) is 0 Å². The fourth-order valence-corrected chi connectivity index (χ4v) is 4.96. The molecule has 25 heavy (non-hydrogen) atoms. The molecule has 0 unspecified atom stereocenters. The van der Waals surface area contributed by atoms with E-state index in [9.17, 15) is 13.2 Å². The van der Waals surface area contributed by atoms with Gasteiger partial charge in [-0.25, -0.2) is 8.42 Å². The lowest BCUT2D eigenvalue weighted by molar-refractivity contribution is 0.0952. The molecule has 0 saturated carbocycles. The van der Waals surface area contributed by atoms with Crippen molar-refractivity contribution in [2.45, 2.75) is 56.8 Å². The van der Waals surface area contributed by atoms with Gasteiger partial charge in [0.1, 0.15) is 4.90 Å². The molecular formula is C18H27ClN2O3S. The number of nitrogens with zero attached hydrogens (tertiary/aromatic N) is 1. The molecule has 1 fully saturated rings. The number of carbonyl (C=O) groups excluding carboxylic acids is 1. The number of carbonyl (C=O) groups is 1. The van der Waals surface area contributed by atoms with Gasteiger partial charge in [-0.2, -0.15) is 4.31 Å². The number of rotatable bonds is 7. The van der Waals surface area contributed by atoms with E-state index in [0.717, 1.165) is 44.9 Å². The average Bonchev–Trinajstić information content (AvgIpc) is 2.88. The van der Waals surface area contributed by atoms with E-state index in [1.807, 2.05) is 0 Å². The second kappa shape index (κ2) is 9.55. The summed E-state index contributed by atoms with van der Waals surface area (Å²) in [6.07, 6.45) is 6.84. The van der Waals surface area contributed by atoms with Crippen LogP contribution in [0.4, 0.5) is 0 Å². The minimum atomic E-state index is -3.68. The van der Waals surface area contributed by atoms with E-state index < -0.39 is 10.0 Å². The van der Waals surface area contributed by atoms with E-state index in [4.69, 9.17) is 11.6 Å². The maximum Gasteiger partial charge on any atom is 0.251 e. The van der Waals surface area contributed by atoms with Crippen molar-refractivity contribution in [3.8, 4) is 0 Å². The van der Waals surface area contributed by atoms with E-state index in [0.29, 0.717) is 25.2 Å². The fourth-order valence-electron chi connectivity index (χ4n) is 2.94. The summed E-state index contributed by atoms with van der Waals surface area (Å²) in [5.74, 6) is -0.264. The molecule has 1 amide bonds. The Morgan fingerprint density at radius 3 is 2.48 bits per heavy atom. The van der Waals surface area contributed by atoms with E-state index >= 15 is 0 Å². The average molecular weight is 387 g/mol. The van der Waals surface area contributed by atoms with Crippen LogP contribution in [0.25, 0.3) is 0 Å². The number of sulfonamides is 1. The normalized spacial score (nSPS) is 16.4. The zero-order valence-corrected chi connectivity index (χ0v) is 16.3. The Bertz CT molecular complexity index is 684. The maximum absolute atomic E-state index is 12.9. The summed E-state index contributed by atoms with van der Waals surface area (Å²) in [6.45, 7) is 3.70. The van der Waals surface area contributed by atoms with Gasteiger partial charge in [-0.15, -0.1) is 0 Å². The van der Waals surface area contributed by atoms with Crippen molar-refractivity contribution in [3.05, 3.63) is 28.8 Å². The monoisotopic (exact) mass is 386 g/mol. The van der Waals surface area contributed by atoms with Crippen molar-refractivity contribution in [2.75, 3.05) is 19.6 Å². The molecular weight excluding hydrogens is 360 g/mol. The minimum Gasteiger partial charge on any atom is -0.352 e. The molecule has 7 heteroatoms. The standard InChI is InChI=1S/C18H27ClN2O3S/c1-2-3-6-11-20-18(22)15-9-10-16(19)17(14-15)25(23,24)21-12-7-4-5-8-13-21/h9-10,14H,2-8,11-13H2,1H3,(H,20,22). The number of hydrogen-bond donors (Lipinski definition) is 1. The lowest BCUT2D eigenvalue weighted by Crippen LogP contribution is -2.32. The van der Waals surface area contributed by atoms with Crippen molar-refractivity contribution < 1.29 is 13.2 Å². The number of nitrogens with one attached hydrogen (secondary N) is 1. The predicted octanol–water partition coefficient (Wildman–Crippen LogP) is 3.82. The third kappa shape index (κ3) is 5.43. The van der Waals surface area contributed by atoms with Crippen molar-refractivity contribution in [1.82, 2.24) is 9.62 Å². The molecule has 5 nitrogen and oxygen atoms in total. The number of halogens is 1. The molecule has 1 aliphatic heterocycles. The summed E-state index contributed by atoms with van der Waals surface area (Å²) < 4.78 is 27.4. The van der Waals surface area contributed by atoms with Crippen LogP contribution in [0.5, 0.6) is 0 Å². The first-order valence-electron chi connectivity index (χ1n) is 9.04. The Hall–Kier alpha value is -1.11. The predicted molar refractivity (Wildman–Crippen MR) is 101 cm³/mol. The molecule has 1 N–H and O–H groups in total. The molecule has 0 bridgehead atoms. The Morgan fingerprint density at radius 1 is 1.16 bits per heavy atom. The highest BCUT2D eigenvalue weighted by Crippen LogP contribution is 2.27. The van der Waals surface area contributed by atoms with Gasteiger partial charge in [-0.1, -0.05) is 44.2 Å². The van der Waals surface area contributed by atoms with Crippen LogP contribution in [0.1, 0.15) is 62.2 Å². The minimum absolute atomic E-state index is 0.0253. The smallest absolute Gasteiger partial charge is 0.251 e. The van der Waals surface area contributed by atoms with Crippen molar-refractivity contribution >= 4 is 27.5 Å². The highest BCUT2D eigenvalue weighted by molar-refractivity contribution is 7.89. The van der Waals surface area contributed by atoms with E-state index in [1.54, 1.807) is 6.07 Å². The van der Waals surface area contributed by atoms with Gasteiger partial charge in [0.25, 0.3) is 5.91 Å². The molecule has 0 aliphatic carbocycles. The Balaban J connectivity index is 2.18. The summed E-state index contributed by atoms with van der Waals surface area (Å²) in [7, 11) is -3.68. The third-order valence-electron chi connectivity index (χ3n) is 4.44. The summed E-state index contributed by atoms with van der Waals surface area (Å²) in [4.78, 5) is 12.3. The third-order valence-corrected chi connectivity index (χ3v) is 6.82. The molecule has 0 radical (unpaired) electrons. The van der Waals surface area contributed by atoms with Crippen LogP contribution in [0.2, 0.25) is 5.02 Å². The summed E-state index contributed by atoms with van der Waals surface area (Å²) in [5.41, 5.74) is 0.328. The molecule has 1 saturated heterocycles. The van der Waals surface area contributed by atoms with E-state index in [1.165, 1.54) is 16.4 Å². The number of unbranched alkanes of at least 4 members (excludes halogenated alkanes) is 2. The van der Waals surface area contributed by atoms with Crippen molar-refractivity contribution in [3.63, 3.8) is 0 Å². The highest BCUT2D eigenvalue weighted by atomic mass is 35.5. The maximum atomic E-state index is 12.9. The van der Waals surface area contributed by atoms with Gasteiger partial charge in [0.05, 0.1) is 5.02 Å². The molecule has 2 rings (SSSR count). The molecule has 0 aromatic heterocycles. The second-order valence-electron chi connectivity index (χ2n) is 6.43. The zero-order chi connectivity index (χ0) is 18.3. The van der Waals surface area contributed by atoms with Crippen LogP contribution in [0.15, 0.2) is 23.1 Å². The molecule has 0 spiro atoms. The van der Waals surface area contributed by atoms with E-state index in [2.05, 4.69) is 12.2 Å². The topological polar surface area (TPSA) is 66.5 Å². The largest absolute Gasteiger partial charge is 0.352 e. The van der Waals surface area contributed by atoms with Crippen LogP contribution < -0.4 is 5.32 Å². The van der Waals surface area contributed by atoms with Crippen LogP contribution in [0, 0.1) is 0 Å². The molecule has 140 valence electrons. The molecule has 1 aliphatic rings. The first-order chi connectivity index (χ1) is 12.0. The van der Waals surface area contributed by atoms with Crippen molar-refractivity contribution in [2.24, 2.45) is 0 Å².